The first-order chi connectivity index (χ1) is 4.70. The summed E-state index contributed by atoms with van der Waals surface area (Å²) in [6, 6.07) is -0.0823. The van der Waals surface area contributed by atoms with E-state index in [0.29, 0.717) is 0 Å². The average molecular weight is 159 g/mol. The maximum absolute atomic E-state index is 10.2. The first-order valence-electron chi connectivity index (χ1n) is 2.99. The summed E-state index contributed by atoms with van der Waals surface area (Å²) in [5, 5.41) is 10.3. The second kappa shape index (κ2) is 3.07. The predicted molar refractivity (Wildman–Crippen MR) is 40.7 cm³/mol. The van der Waals surface area contributed by atoms with Crippen molar-refractivity contribution in [1.29, 1.82) is 0 Å². The van der Waals surface area contributed by atoms with Gasteiger partial charge in [-0.05, 0) is 5.41 Å². The van der Waals surface area contributed by atoms with Gasteiger partial charge in [0.2, 0.25) is 0 Å². The van der Waals surface area contributed by atoms with Crippen LogP contribution in [0.5, 0.6) is 0 Å². The lowest BCUT2D eigenvalue weighted by Gasteiger charge is -2.10. The molecule has 1 aliphatic rings. The molecule has 2 unspecified atom stereocenters. The van der Waals surface area contributed by atoms with Gasteiger partial charge < -0.3 is 10.8 Å². The van der Waals surface area contributed by atoms with Crippen LogP contribution in [0.25, 0.3) is 0 Å². The number of aliphatic carboxylic acids is 1. The van der Waals surface area contributed by atoms with Crippen molar-refractivity contribution >= 4 is 17.7 Å². The van der Waals surface area contributed by atoms with E-state index in [2.05, 4.69) is 0 Å². The molecule has 4 heteroatoms. The second-order valence-corrected chi connectivity index (χ2v) is 3.33. The summed E-state index contributed by atoms with van der Waals surface area (Å²) in [6.07, 6.45) is 1.98. The summed E-state index contributed by atoms with van der Waals surface area (Å²) < 4.78 is 0. The quantitative estimate of drug-likeness (QED) is 0.613. The zero-order chi connectivity index (χ0) is 7.56. The zero-order valence-corrected chi connectivity index (χ0v) is 6.17. The standard InChI is InChI=1S/C6H9NO2S/c7-4-1-2-10-5(4)3-6(8)9/h1-2,4-5H,3,7H2,(H,8,9). The Bertz CT molecular complexity index is 169. The average Bonchev–Trinajstić information content (AvgIpc) is 2.15. The van der Waals surface area contributed by atoms with Crippen molar-refractivity contribution in [3.63, 3.8) is 0 Å². The van der Waals surface area contributed by atoms with E-state index in [1.807, 2.05) is 11.5 Å². The lowest BCUT2D eigenvalue weighted by molar-refractivity contribution is -0.137. The molecular formula is C6H9NO2S. The molecule has 56 valence electrons. The summed E-state index contributed by atoms with van der Waals surface area (Å²) in [6.45, 7) is 0. The number of carboxylic acid groups (broad SMARTS) is 1. The molecule has 0 radical (unpaired) electrons. The Kier molecular flexibility index (Phi) is 2.34. The molecule has 0 aromatic carbocycles. The minimum atomic E-state index is -0.781. The molecule has 1 rings (SSSR count). The molecule has 2 atom stereocenters. The molecule has 0 aromatic rings. The lowest BCUT2D eigenvalue weighted by Crippen LogP contribution is -2.29. The Hall–Kier alpha value is -0.480. The summed E-state index contributed by atoms with van der Waals surface area (Å²) in [4.78, 5) is 10.2. The van der Waals surface area contributed by atoms with Gasteiger partial charge >= 0.3 is 5.97 Å². The fraction of sp³-hybridized carbons (Fsp3) is 0.500. The van der Waals surface area contributed by atoms with E-state index in [9.17, 15) is 4.79 Å². The van der Waals surface area contributed by atoms with Crippen LogP contribution >= 0.6 is 11.8 Å². The highest BCUT2D eigenvalue weighted by Gasteiger charge is 2.22. The molecule has 0 saturated carbocycles. The predicted octanol–water partition coefficient (Wildman–Crippen LogP) is 0.417. The van der Waals surface area contributed by atoms with E-state index in [1.165, 1.54) is 11.8 Å². The van der Waals surface area contributed by atoms with Crippen molar-refractivity contribution in [3.05, 3.63) is 11.5 Å². The molecule has 0 fully saturated rings. The van der Waals surface area contributed by atoms with E-state index in [4.69, 9.17) is 10.8 Å². The van der Waals surface area contributed by atoms with E-state index in [1.54, 1.807) is 0 Å². The molecule has 1 heterocycles. The minimum Gasteiger partial charge on any atom is -0.481 e. The number of thioether (sulfide) groups is 1. The molecule has 0 saturated heterocycles. The highest BCUT2D eigenvalue weighted by molar-refractivity contribution is 8.03. The van der Waals surface area contributed by atoms with Gasteiger partial charge in [0.25, 0.3) is 0 Å². The van der Waals surface area contributed by atoms with Crippen LogP contribution in [0.2, 0.25) is 0 Å². The molecule has 0 bridgehead atoms. The molecule has 3 N–H and O–H groups in total. The number of nitrogens with two attached hydrogens (primary N) is 1. The van der Waals surface area contributed by atoms with Crippen LogP contribution in [-0.2, 0) is 4.79 Å². The highest BCUT2D eigenvalue weighted by Crippen LogP contribution is 2.25. The molecule has 3 nitrogen and oxygen atoms in total. The van der Waals surface area contributed by atoms with Gasteiger partial charge in [0.1, 0.15) is 0 Å². The minimum absolute atomic E-state index is 0.0394. The number of rotatable bonds is 2. The third-order valence-electron chi connectivity index (χ3n) is 1.36. The van der Waals surface area contributed by atoms with Crippen LogP contribution in [-0.4, -0.2) is 22.4 Å². The molecule has 0 spiro atoms. The SMILES string of the molecule is NC1C=CSC1CC(=O)O. The Balaban J connectivity index is 2.37. The van der Waals surface area contributed by atoms with E-state index < -0.39 is 5.97 Å². The maximum Gasteiger partial charge on any atom is 0.304 e. The van der Waals surface area contributed by atoms with Gasteiger partial charge in [-0.1, -0.05) is 6.08 Å². The van der Waals surface area contributed by atoms with E-state index in [-0.39, 0.29) is 17.7 Å². The van der Waals surface area contributed by atoms with Crippen molar-refractivity contribution in [1.82, 2.24) is 0 Å². The first-order valence-corrected chi connectivity index (χ1v) is 3.94. The van der Waals surface area contributed by atoms with Crippen LogP contribution in [0.15, 0.2) is 11.5 Å². The van der Waals surface area contributed by atoms with Crippen LogP contribution in [0, 0.1) is 0 Å². The number of carbonyl (C=O) groups is 1. The normalized spacial score (nSPS) is 30.9. The zero-order valence-electron chi connectivity index (χ0n) is 5.36. The van der Waals surface area contributed by atoms with Crippen molar-refractivity contribution in [2.45, 2.75) is 17.7 Å². The summed E-state index contributed by atoms with van der Waals surface area (Å²) in [5.41, 5.74) is 5.56. The van der Waals surface area contributed by atoms with E-state index >= 15 is 0 Å². The third kappa shape index (κ3) is 1.75. The van der Waals surface area contributed by atoms with Gasteiger partial charge in [-0.25, -0.2) is 0 Å². The van der Waals surface area contributed by atoms with Crippen LogP contribution in [0.1, 0.15) is 6.42 Å². The third-order valence-corrected chi connectivity index (χ3v) is 2.50. The van der Waals surface area contributed by atoms with Crippen LogP contribution < -0.4 is 5.73 Å². The molecule has 0 amide bonds. The molecular weight excluding hydrogens is 150 g/mol. The van der Waals surface area contributed by atoms with Crippen molar-refractivity contribution < 1.29 is 9.90 Å². The lowest BCUT2D eigenvalue weighted by atomic mass is 10.2. The van der Waals surface area contributed by atoms with Gasteiger partial charge in [-0.2, -0.15) is 0 Å². The van der Waals surface area contributed by atoms with Gasteiger partial charge in [0.15, 0.2) is 0 Å². The van der Waals surface area contributed by atoms with Crippen LogP contribution in [0.4, 0.5) is 0 Å². The Morgan fingerprint density at radius 1 is 1.80 bits per heavy atom. The maximum atomic E-state index is 10.2. The number of hydrogen-bond donors (Lipinski definition) is 2. The van der Waals surface area contributed by atoms with Crippen LogP contribution in [0.3, 0.4) is 0 Å². The fourth-order valence-corrected chi connectivity index (χ4v) is 1.79. The summed E-state index contributed by atoms with van der Waals surface area (Å²) in [5.74, 6) is -0.781. The Morgan fingerprint density at radius 2 is 2.50 bits per heavy atom. The molecule has 0 aromatic heterocycles. The Labute approximate surface area is 63.3 Å². The van der Waals surface area contributed by atoms with Crippen molar-refractivity contribution in [3.8, 4) is 0 Å². The highest BCUT2D eigenvalue weighted by atomic mass is 32.2. The Morgan fingerprint density at radius 3 is 2.90 bits per heavy atom. The monoisotopic (exact) mass is 159 g/mol. The smallest absolute Gasteiger partial charge is 0.304 e. The van der Waals surface area contributed by atoms with Gasteiger partial charge in [0.05, 0.1) is 6.42 Å². The van der Waals surface area contributed by atoms with Crippen molar-refractivity contribution in [2.75, 3.05) is 0 Å². The van der Waals surface area contributed by atoms with Gasteiger partial charge in [0, 0.05) is 11.3 Å². The number of hydrogen-bond acceptors (Lipinski definition) is 3. The van der Waals surface area contributed by atoms with Gasteiger partial charge in [-0.15, -0.1) is 11.8 Å². The fourth-order valence-electron chi connectivity index (χ4n) is 0.808. The topological polar surface area (TPSA) is 63.3 Å². The molecule has 0 aliphatic carbocycles. The second-order valence-electron chi connectivity index (χ2n) is 2.18. The number of carboxylic acids is 1. The van der Waals surface area contributed by atoms with E-state index in [0.717, 1.165) is 0 Å². The van der Waals surface area contributed by atoms with Gasteiger partial charge in [-0.3, -0.25) is 4.79 Å². The van der Waals surface area contributed by atoms with Crippen molar-refractivity contribution in [2.24, 2.45) is 5.73 Å². The molecule has 10 heavy (non-hydrogen) atoms. The molecule has 1 aliphatic heterocycles. The summed E-state index contributed by atoms with van der Waals surface area (Å²) in [7, 11) is 0. The first kappa shape index (κ1) is 7.63. The summed E-state index contributed by atoms with van der Waals surface area (Å²) >= 11 is 1.49. The largest absolute Gasteiger partial charge is 0.481 e.